The zero-order chi connectivity index (χ0) is 6.99. The van der Waals surface area contributed by atoms with Crippen LogP contribution in [-0.4, -0.2) is 17.5 Å². The average Bonchev–Trinajstić information content (AvgIpc) is 1.69. The summed E-state index contributed by atoms with van der Waals surface area (Å²) in [6, 6.07) is 0. The van der Waals surface area contributed by atoms with Crippen LogP contribution in [0.25, 0.3) is 0 Å². The molecule has 0 aromatic heterocycles. The molecule has 0 heterocycles. The molecule has 0 aliphatic carbocycles. The van der Waals surface area contributed by atoms with Crippen LogP contribution in [0.2, 0.25) is 0 Å². The van der Waals surface area contributed by atoms with Crippen molar-refractivity contribution >= 4 is 6.29 Å². The number of aliphatic hydroxyl groups excluding tert-OH is 1. The SMILES string of the molecule is C[C-]=O.C[CH-]C(C)O.[CH3-].[Y+3]. The molecule has 0 amide bonds. The van der Waals surface area contributed by atoms with Crippen molar-refractivity contribution in [3.05, 3.63) is 13.8 Å². The van der Waals surface area contributed by atoms with Crippen LogP contribution in [0.1, 0.15) is 20.8 Å². The number of aliphatic hydroxyl groups is 1. The Bertz CT molecular complexity index is 46.9. The van der Waals surface area contributed by atoms with Crippen molar-refractivity contribution in [2.75, 3.05) is 0 Å². The standard InChI is InChI=1S/C4H9O.C2H3O.CH3.Y/c1-3-4(2)5;1-2-3;;/h3-5H,1-2H3;1H3;1H3;/q3*-1;+3. The second kappa shape index (κ2) is 22.6. The fraction of sp³-hybridized carbons (Fsp3) is 0.571. The second-order valence-electron chi connectivity index (χ2n) is 1.28. The predicted molar refractivity (Wildman–Crippen MR) is 39.4 cm³/mol. The van der Waals surface area contributed by atoms with Gasteiger partial charge in [-0.1, -0.05) is 13.0 Å². The van der Waals surface area contributed by atoms with Gasteiger partial charge in [-0.15, -0.1) is 0 Å². The molecule has 1 unspecified atom stereocenters. The molecule has 0 spiro atoms. The third kappa shape index (κ3) is 69.9. The van der Waals surface area contributed by atoms with Crippen LogP contribution in [0.5, 0.6) is 0 Å². The molecule has 2 nitrogen and oxygen atoms in total. The largest absolute Gasteiger partial charge is 3.00 e. The van der Waals surface area contributed by atoms with Crippen molar-refractivity contribution < 1.29 is 42.6 Å². The van der Waals surface area contributed by atoms with Crippen molar-refractivity contribution in [3.63, 3.8) is 0 Å². The Kier molecular flexibility index (Phi) is 50.7. The minimum Gasteiger partial charge on any atom is -0.542 e. The maximum Gasteiger partial charge on any atom is 3.00 e. The minimum absolute atomic E-state index is 0. The molecule has 0 fully saturated rings. The van der Waals surface area contributed by atoms with E-state index >= 15 is 0 Å². The van der Waals surface area contributed by atoms with Gasteiger partial charge in [0, 0.05) is 0 Å². The van der Waals surface area contributed by atoms with Crippen LogP contribution in [0.3, 0.4) is 0 Å². The van der Waals surface area contributed by atoms with E-state index in [0.29, 0.717) is 0 Å². The zero-order valence-electron chi connectivity index (χ0n) is 7.09. The first kappa shape index (κ1) is 22.4. The Labute approximate surface area is 89.3 Å². The van der Waals surface area contributed by atoms with Crippen LogP contribution in [-0.2, 0) is 37.5 Å². The normalized spacial score (nSPS) is 8.80. The molecule has 0 saturated carbocycles. The monoisotopic (exact) mass is 220 g/mol. The van der Waals surface area contributed by atoms with Crippen LogP contribution in [0.4, 0.5) is 0 Å². The van der Waals surface area contributed by atoms with Gasteiger partial charge in [0.1, 0.15) is 0 Å². The van der Waals surface area contributed by atoms with Crippen molar-refractivity contribution in [1.29, 1.82) is 0 Å². The second-order valence-corrected chi connectivity index (χ2v) is 1.28. The number of hydrogen-bond acceptors (Lipinski definition) is 2. The quantitative estimate of drug-likeness (QED) is 0.673. The Balaban J connectivity index is -0.0000000326. The fourth-order valence-corrected chi connectivity index (χ4v) is 0. The molecule has 3 heteroatoms. The smallest absolute Gasteiger partial charge is 0.542 e. The molecular formula is C7H15O2Y. The van der Waals surface area contributed by atoms with Gasteiger partial charge in [-0.05, 0) is 0 Å². The molecule has 1 N–H and O–H groups in total. The molecule has 0 bridgehead atoms. The summed E-state index contributed by atoms with van der Waals surface area (Å²) < 4.78 is 0. The van der Waals surface area contributed by atoms with E-state index in [1.54, 1.807) is 13.3 Å². The molecule has 10 heavy (non-hydrogen) atoms. The van der Waals surface area contributed by atoms with Crippen LogP contribution in [0.15, 0.2) is 0 Å². The summed E-state index contributed by atoms with van der Waals surface area (Å²) in [5.74, 6) is 0. The van der Waals surface area contributed by atoms with Gasteiger partial charge in [-0.2, -0.15) is 13.8 Å². The molecule has 0 aliphatic rings. The molecule has 0 rings (SSSR count). The molecule has 0 aromatic rings. The van der Waals surface area contributed by atoms with Gasteiger partial charge in [0.2, 0.25) is 0 Å². The van der Waals surface area contributed by atoms with Gasteiger partial charge in [0.15, 0.2) is 0 Å². The van der Waals surface area contributed by atoms with E-state index in [9.17, 15) is 0 Å². The van der Waals surface area contributed by atoms with E-state index < -0.39 is 0 Å². The van der Waals surface area contributed by atoms with Gasteiger partial charge in [0.05, 0.1) is 0 Å². The van der Waals surface area contributed by atoms with Crippen molar-refractivity contribution in [3.8, 4) is 0 Å². The van der Waals surface area contributed by atoms with Gasteiger partial charge in [-0.3, -0.25) is 6.29 Å². The minimum atomic E-state index is -0.241. The van der Waals surface area contributed by atoms with E-state index in [1.807, 2.05) is 6.92 Å². The first-order chi connectivity index (χ1) is 3.68. The van der Waals surface area contributed by atoms with Crippen molar-refractivity contribution in [1.82, 2.24) is 0 Å². The molecule has 0 saturated heterocycles. The van der Waals surface area contributed by atoms with Gasteiger partial charge in [0.25, 0.3) is 0 Å². The Hall–Kier alpha value is 0.734. The first-order valence-electron chi connectivity index (χ1n) is 2.45. The van der Waals surface area contributed by atoms with Crippen molar-refractivity contribution in [2.24, 2.45) is 0 Å². The molecule has 58 valence electrons. The molecule has 0 aliphatic heterocycles. The van der Waals surface area contributed by atoms with E-state index in [0.717, 1.165) is 0 Å². The van der Waals surface area contributed by atoms with E-state index in [-0.39, 0.29) is 46.2 Å². The van der Waals surface area contributed by atoms with E-state index in [1.165, 1.54) is 13.2 Å². The summed E-state index contributed by atoms with van der Waals surface area (Å²) in [6.07, 6.45) is 2.98. The summed E-state index contributed by atoms with van der Waals surface area (Å²) in [6.45, 7) is 4.87. The number of hydrogen-bond donors (Lipinski definition) is 1. The molecule has 0 radical (unpaired) electrons. The molecule has 0 aromatic carbocycles. The first-order valence-corrected chi connectivity index (χ1v) is 2.45. The van der Waals surface area contributed by atoms with Crippen LogP contribution in [0, 0.1) is 13.8 Å². The van der Waals surface area contributed by atoms with Gasteiger partial charge < -0.3 is 23.7 Å². The molecule has 1 atom stereocenters. The maximum absolute atomic E-state index is 8.68. The van der Waals surface area contributed by atoms with E-state index in [4.69, 9.17) is 9.90 Å². The summed E-state index contributed by atoms with van der Waals surface area (Å²) in [5.41, 5.74) is 0. The Morgan fingerprint density at radius 3 is 1.70 bits per heavy atom. The third-order valence-electron chi connectivity index (χ3n) is 0.482. The number of carbonyl (C=O) groups excluding carboxylic acids is 1. The summed E-state index contributed by atoms with van der Waals surface area (Å²) in [4.78, 5) is 8.68. The van der Waals surface area contributed by atoms with Crippen LogP contribution >= 0.6 is 0 Å². The fourth-order valence-electron chi connectivity index (χ4n) is 0. The topological polar surface area (TPSA) is 37.3 Å². The van der Waals surface area contributed by atoms with Gasteiger partial charge in [-0.25, -0.2) is 0 Å². The predicted octanol–water partition coefficient (Wildman–Crippen LogP) is 1.16. The number of rotatable bonds is 1. The summed E-state index contributed by atoms with van der Waals surface area (Å²) in [5, 5.41) is 8.31. The average molecular weight is 220 g/mol. The summed E-state index contributed by atoms with van der Waals surface area (Å²) in [7, 11) is 0. The summed E-state index contributed by atoms with van der Waals surface area (Å²) >= 11 is 0. The van der Waals surface area contributed by atoms with Crippen molar-refractivity contribution in [2.45, 2.75) is 26.9 Å². The third-order valence-corrected chi connectivity index (χ3v) is 0.482. The molecular weight excluding hydrogens is 205 g/mol. The Morgan fingerprint density at radius 1 is 1.60 bits per heavy atom. The van der Waals surface area contributed by atoms with Gasteiger partial charge >= 0.3 is 32.7 Å². The zero-order valence-corrected chi connectivity index (χ0v) is 9.93. The Morgan fingerprint density at radius 2 is 1.70 bits per heavy atom. The maximum atomic E-state index is 8.68. The van der Waals surface area contributed by atoms with E-state index in [2.05, 4.69) is 0 Å². The van der Waals surface area contributed by atoms with Crippen LogP contribution < -0.4 is 0 Å².